The number of ether oxygens (including phenoxy) is 2. The second-order valence-corrected chi connectivity index (χ2v) is 5.07. The maximum atomic E-state index is 12.4. The summed E-state index contributed by atoms with van der Waals surface area (Å²) in [6, 6.07) is 17.1. The van der Waals surface area contributed by atoms with Crippen LogP contribution in [0.1, 0.15) is 5.56 Å². The fraction of sp³-hybridized carbons (Fsp3) is 0.167. The number of benzene rings is 2. The standard InChI is InChI=1S/C18H17NO3/c1-19-17(22-12-13-6-4-3-5-7-13)11-14-10-15(21-2)8-9-16(14)18(19)20/h3-11H,12H2,1-2H3. The topological polar surface area (TPSA) is 40.5 Å². The summed E-state index contributed by atoms with van der Waals surface area (Å²) in [5, 5.41) is 1.46. The van der Waals surface area contributed by atoms with Crippen molar-refractivity contribution in [2.45, 2.75) is 6.61 Å². The van der Waals surface area contributed by atoms with E-state index in [1.807, 2.05) is 42.5 Å². The fourth-order valence-electron chi connectivity index (χ4n) is 2.36. The predicted octanol–water partition coefficient (Wildman–Crippen LogP) is 3.13. The number of fused-ring (bicyclic) bond motifs is 1. The molecule has 0 saturated carbocycles. The summed E-state index contributed by atoms with van der Waals surface area (Å²) < 4.78 is 12.5. The van der Waals surface area contributed by atoms with Gasteiger partial charge in [-0.05, 0) is 29.1 Å². The van der Waals surface area contributed by atoms with Crippen molar-refractivity contribution in [1.82, 2.24) is 4.57 Å². The molecule has 0 aliphatic carbocycles. The van der Waals surface area contributed by atoms with Crippen LogP contribution < -0.4 is 15.0 Å². The molecule has 1 aromatic heterocycles. The van der Waals surface area contributed by atoms with Gasteiger partial charge < -0.3 is 9.47 Å². The van der Waals surface area contributed by atoms with Gasteiger partial charge in [-0.2, -0.15) is 0 Å². The lowest BCUT2D eigenvalue weighted by atomic mass is 10.1. The van der Waals surface area contributed by atoms with Crippen molar-refractivity contribution >= 4 is 10.8 Å². The Balaban J connectivity index is 1.98. The minimum atomic E-state index is -0.0804. The van der Waals surface area contributed by atoms with Crippen LogP contribution in [0.2, 0.25) is 0 Å². The van der Waals surface area contributed by atoms with Crippen LogP contribution in [0, 0.1) is 0 Å². The van der Waals surface area contributed by atoms with Crippen LogP contribution in [0.15, 0.2) is 59.4 Å². The fourth-order valence-corrected chi connectivity index (χ4v) is 2.36. The van der Waals surface area contributed by atoms with Gasteiger partial charge in [0, 0.05) is 18.5 Å². The maximum absolute atomic E-state index is 12.4. The Labute approximate surface area is 128 Å². The van der Waals surface area contributed by atoms with Crippen molar-refractivity contribution in [3.8, 4) is 11.6 Å². The Kier molecular flexibility index (Phi) is 3.83. The molecular formula is C18H17NO3. The van der Waals surface area contributed by atoms with E-state index in [1.54, 1.807) is 26.3 Å². The van der Waals surface area contributed by atoms with E-state index in [9.17, 15) is 4.79 Å². The van der Waals surface area contributed by atoms with Crippen molar-refractivity contribution in [3.05, 3.63) is 70.5 Å². The van der Waals surface area contributed by atoms with E-state index in [0.717, 1.165) is 16.7 Å². The maximum Gasteiger partial charge on any atom is 0.260 e. The predicted molar refractivity (Wildman–Crippen MR) is 86.5 cm³/mol. The SMILES string of the molecule is COc1ccc2c(=O)n(C)c(OCc3ccccc3)cc2c1. The molecule has 0 saturated heterocycles. The molecule has 0 N–H and O–H groups in total. The molecule has 4 nitrogen and oxygen atoms in total. The van der Waals surface area contributed by atoms with E-state index in [1.165, 1.54) is 4.57 Å². The number of methoxy groups -OCH3 is 1. The molecule has 4 heteroatoms. The minimum Gasteiger partial charge on any atom is -0.497 e. The van der Waals surface area contributed by atoms with Crippen LogP contribution >= 0.6 is 0 Å². The second kappa shape index (κ2) is 5.93. The Bertz CT molecular complexity index is 853. The smallest absolute Gasteiger partial charge is 0.260 e. The van der Waals surface area contributed by atoms with Crippen molar-refractivity contribution < 1.29 is 9.47 Å². The molecule has 0 bridgehead atoms. The van der Waals surface area contributed by atoms with Gasteiger partial charge in [0.2, 0.25) is 0 Å². The summed E-state index contributed by atoms with van der Waals surface area (Å²) in [6.07, 6.45) is 0. The van der Waals surface area contributed by atoms with Gasteiger partial charge in [-0.1, -0.05) is 30.3 Å². The molecule has 0 fully saturated rings. The van der Waals surface area contributed by atoms with E-state index in [2.05, 4.69) is 0 Å². The average Bonchev–Trinajstić information content (AvgIpc) is 2.57. The molecule has 0 aliphatic rings. The summed E-state index contributed by atoms with van der Waals surface area (Å²) in [6.45, 7) is 0.420. The van der Waals surface area contributed by atoms with E-state index in [0.29, 0.717) is 17.9 Å². The lowest BCUT2D eigenvalue weighted by molar-refractivity contribution is 0.280. The van der Waals surface area contributed by atoms with Crippen LogP contribution in [-0.2, 0) is 13.7 Å². The average molecular weight is 295 g/mol. The van der Waals surface area contributed by atoms with Crippen molar-refractivity contribution in [2.24, 2.45) is 7.05 Å². The van der Waals surface area contributed by atoms with Gasteiger partial charge in [0.25, 0.3) is 5.56 Å². The number of nitrogens with zero attached hydrogens (tertiary/aromatic N) is 1. The molecule has 0 radical (unpaired) electrons. The van der Waals surface area contributed by atoms with E-state index in [-0.39, 0.29) is 5.56 Å². The lowest BCUT2D eigenvalue weighted by Gasteiger charge is -2.12. The summed E-state index contributed by atoms with van der Waals surface area (Å²) in [7, 11) is 3.32. The van der Waals surface area contributed by atoms with Crippen molar-refractivity contribution in [2.75, 3.05) is 7.11 Å². The lowest BCUT2D eigenvalue weighted by Crippen LogP contribution is -2.19. The Morgan fingerprint density at radius 1 is 1.05 bits per heavy atom. The molecular weight excluding hydrogens is 278 g/mol. The summed E-state index contributed by atoms with van der Waals surface area (Å²) >= 11 is 0. The molecule has 22 heavy (non-hydrogen) atoms. The second-order valence-electron chi connectivity index (χ2n) is 5.07. The molecule has 0 aliphatic heterocycles. The van der Waals surface area contributed by atoms with Gasteiger partial charge in [0.15, 0.2) is 5.88 Å². The summed E-state index contributed by atoms with van der Waals surface area (Å²) in [4.78, 5) is 12.4. The number of pyridine rings is 1. The van der Waals surface area contributed by atoms with Gasteiger partial charge in [0.1, 0.15) is 12.4 Å². The summed E-state index contributed by atoms with van der Waals surface area (Å²) in [5.41, 5.74) is 0.976. The Morgan fingerprint density at radius 2 is 1.82 bits per heavy atom. The van der Waals surface area contributed by atoms with Gasteiger partial charge >= 0.3 is 0 Å². The molecule has 3 aromatic rings. The zero-order valence-corrected chi connectivity index (χ0v) is 12.6. The highest BCUT2D eigenvalue weighted by Gasteiger charge is 2.08. The largest absolute Gasteiger partial charge is 0.497 e. The minimum absolute atomic E-state index is 0.0804. The zero-order valence-electron chi connectivity index (χ0n) is 12.6. The highest BCUT2D eigenvalue weighted by Crippen LogP contribution is 2.22. The molecule has 1 heterocycles. The highest BCUT2D eigenvalue weighted by molar-refractivity contribution is 5.84. The molecule has 0 amide bonds. The van der Waals surface area contributed by atoms with Crippen LogP contribution in [0.4, 0.5) is 0 Å². The summed E-state index contributed by atoms with van der Waals surface area (Å²) in [5.74, 6) is 1.25. The number of aromatic nitrogens is 1. The molecule has 3 rings (SSSR count). The molecule has 2 aromatic carbocycles. The first kappa shape index (κ1) is 14.2. The van der Waals surface area contributed by atoms with Crippen LogP contribution in [0.25, 0.3) is 10.8 Å². The Hall–Kier alpha value is -2.75. The molecule has 0 atom stereocenters. The monoisotopic (exact) mass is 295 g/mol. The van der Waals surface area contributed by atoms with Crippen molar-refractivity contribution in [3.63, 3.8) is 0 Å². The van der Waals surface area contributed by atoms with Gasteiger partial charge in [-0.15, -0.1) is 0 Å². The number of hydrogen-bond donors (Lipinski definition) is 0. The van der Waals surface area contributed by atoms with Crippen LogP contribution in [-0.4, -0.2) is 11.7 Å². The van der Waals surface area contributed by atoms with Gasteiger partial charge in [0.05, 0.1) is 7.11 Å². The third-order valence-electron chi connectivity index (χ3n) is 3.63. The van der Waals surface area contributed by atoms with E-state index in [4.69, 9.17) is 9.47 Å². The molecule has 0 unspecified atom stereocenters. The zero-order chi connectivity index (χ0) is 15.5. The van der Waals surface area contributed by atoms with Crippen LogP contribution in [0.5, 0.6) is 11.6 Å². The highest BCUT2D eigenvalue weighted by atomic mass is 16.5. The van der Waals surface area contributed by atoms with Gasteiger partial charge in [-0.3, -0.25) is 9.36 Å². The van der Waals surface area contributed by atoms with Gasteiger partial charge in [-0.25, -0.2) is 0 Å². The number of hydrogen-bond acceptors (Lipinski definition) is 3. The Morgan fingerprint density at radius 3 is 2.55 bits per heavy atom. The molecule has 0 spiro atoms. The van der Waals surface area contributed by atoms with E-state index < -0.39 is 0 Å². The van der Waals surface area contributed by atoms with E-state index >= 15 is 0 Å². The third kappa shape index (κ3) is 2.68. The first-order chi connectivity index (χ1) is 10.7. The van der Waals surface area contributed by atoms with Crippen molar-refractivity contribution in [1.29, 1.82) is 0 Å². The first-order valence-corrected chi connectivity index (χ1v) is 7.03. The third-order valence-corrected chi connectivity index (χ3v) is 3.63. The number of rotatable bonds is 4. The quantitative estimate of drug-likeness (QED) is 0.742. The first-order valence-electron chi connectivity index (χ1n) is 7.03. The van der Waals surface area contributed by atoms with Crippen LogP contribution in [0.3, 0.4) is 0 Å². The molecule has 112 valence electrons. The normalized spacial score (nSPS) is 10.6.